The van der Waals surface area contributed by atoms with Gasteiger partial charge in [0.25, 0.3) is 5.91 Å². The molecule has 2 fully saturated rings. The molecule has 1 unspecified atom stereocenters. The maximum absolute atomic E-state index is 14.3. The van der Waals surface area contributed by atoms with Gasteiger partial charge in [0.1, 0.15) is 4.88 Å². The number of benzene rings is 1. The number of nitrogens with one attached hydrogen (secondary N) is 1. The van der Waals surface area contributed by atoms with E-state index in [4.69, 9.17) is 4.74 Å². The first-order valence-corrected chi connectivity index (χ1v) is 15.1. The molecule has 4 rings (SSSR count). The fraction of sp³-hybridized carbons (Fsp3) is 0.581. The van der Waals surface area contributed by atoms with Gasteiger partial charge in [-0.3, -0.25) is 14.4 Å². The first kappa shape index (κ1) is 29.3. The van der Waals surface area contributed by atoms with Crippen molar-refractivity contribution in [1.29, 1.82) is 0 Å². The van der Waals surface area contributed by atoms with Crippen LogP contribution in [0.2, 0.25) is 0 Å². The highest BCUT2D eigenvalue weighted by molar-refractivity contribution is 7.18. The molecule has 1 saturated heterocycles. The quantitative estimate of drug-likeness (QED) is 0.409. The molecule has 0 radical (unpaired) electrons. The molecular formula is C31H43N3O4S. The van der Waals surface area contributed by atoms with E-state index in [0.29, 0.717) is 17.3 Å². The first-order chi connectivity index (χ1) is 18.8. The third-order valence-electron chi connectivity index (χ3n) is 8.25. The van der Waals surface area contributed by atoms with E-state index in [1.165, 1.54) is 18.4 Å². The molecule has 1 N–H and O–H groups in total. The second-order valence-electron chi connectivity index (χ2n) is 11.5. The summed E-state index contributed by atoms with van der Waals surface area (Å²) in [6, 6.07) is 12.2. The van der Waals surface area contributed by atoms with E-state index in [1.54, 1.807) is 0 Å². The van der Waals surface area contributed by atoms with Gasteiger partial charge in [-0.25, -0.2) is 0 Å². The van der Waals surface area contributed by atoms with E-state index in [0.717, 1.165) is 67.7 Å². The Bertz CT molecular complexity index is 1120. The number of carbonyl (C=O) groups is 3. The van der Waals surface area contributed by atoms with Crippen LogP contribution in [0.25, 0.3) is 10.4 Å². The molecule has 1 atom stereocenters. The maximum Gasteiger partial charge on any atom is 0.305 e. The lowest BCUT2D eigenvalue weighted by Crippen LogP contribution is -2.49. The van der Waals surface area contributed by atoms with Crippen molar-refractivity contribution in [2.75, 3.05) is 38.7 Å². The summed E-state index contributed by atoms with van der Waals surface area (Å²) in [4.78, 5) is 45.5. The van der Waals surface area contributed by atoms with E-state index in [1.807, 2.05) is 42.2 Å². The molecule has 8 heteroatoms. The van der Waals surface area contributed by atoms with E-state index in [2.05, 4.69) is 30.3 Å². The molecule has 2 aliphatic rings. The van der Waals surface area contributed by atoms with Crippen molar-refractivity contribution in [3.63, 3.8) is 0 Å². The zero-order chi connectivity index (χ0) is 27.9. The fourth-order valence-corrected chi connectivity index (χ4v) is 6.78. The van der Waals surface area contributed by atoms with Crippen LogP contribution in [0.4, 0.5) is 5.69 Å². The number of piperidine rings is 1. The molecule has 0 bridgehead atoms. The third-order valence-corrected chi connectivity index (χ3v) is 9.42. The minimum atomic E-state index is -0.291. The Morgan fingerprint density at radius 3 is 2.38 bits per heavy atom. The van der Waals surface area contributed by atoms with Gasteiger partial charge in [-0.1, -0.05) is 44.2 Å². The number of hydrogen-bond acceptors (Lipinski definition) is 6. The van der Waals surface area contributed by atoms with Crippen LogP contribution in [0.15, 0.2) is 36.4 Å². The summed E-state index contributed by atoms with van der Waals surface area (Å²) < 4.78 is 4.78. The second kappa shape index (κ2) is 13.6. The van der Waals surface area contributed by atoms with Crippen LogP contribution in [0.3, 0.4) is 0 Å². The Kier molecular flexibility index (Phi) is 10.2. The number of anilines is 1. The number of hydrogen-bond donors (Lipinski definition) is 1. The second-order valence-corrected chi connectivity index (χ2v) is 12.5. The monoisotopic (exact) mass is 553 g/mol. The van der Waals surface area contributed by atoms with Gasteiger partial charge >= 0.3 is 5.97 Å². The van der Waals surface area contributed by atoms with E-state index < -0.39 is 0 Å². The van der Waals surface area contributed by atoms with Crippen molar-refractivity contribution in [3.8, 4) is 10.4 Å². The Morgan fingerprint density at radius 1 is 1.08 bits per heavy atom. The number of amides is 2. The third kappa shape index (κ3) is 7.48. The van der Waals surface area contributed by atoms with Gasteiger partial charge in [-0.05, 0) is 82.1 Å². The summed E-state index contributed by atoms with van der Waals surface area (Å²) in [5.41, 5.74) is 1.76. The van der Waals surface area contributed by atoms with Crippen LogP contribution in [-0.2, 0) is 14.3 Å². The van der Waals surface area contributed by atoms with Gasteiger partial charge in [-0.2, -0.15) is 0 Å². The molecule has 1 aliphatic heterocycles. The summed E-state index contributed by atoms with van der Waals surface area (Å²) in [5.74, 6) is 0.274. The first-order valence-electron chi connectivity index (χ1n) is 14.3. The average Bonchev–Trinajstić information content (AvgIpc) is 3.38. The number of nitrogens with zero attached hydrogens (tertiary/aromatic N) is 2. The molecule has 1 aromatic carbocycles. The normalized spacial score (nSPS) is 21.2. The Hall–Kier alpha value is -2.71. The summed E-state index contributed by atoms with van der Waals surface area (Å²) >= 11 is 1.44. The average molecular weight is 554 g/mol. The zero-order valence-corrected chi connectivity index (χ0v) is 24.6. The Morgan fingerprint density at radius 2 is 1.74 bits per heavy atom. The molecular weight excluding hydrogens is 510 g/mol. The topological polar surface area (TPSA) is 79.0 Å². The van der Waals surface area contributed by atoms with Crippen molar-refractivity contribution in [2.45, 2.75) is 64.8 Å². The van der Waals surface area contributed by atoms with Crippen molar-refractivity contribution in [1.82, 2.24) is 10.2 Å². The van der Waals surface area contributed by atoms with Crippen molar-refractivity contribution < 1.29 is 19.1 Å². The molecule has 1 aromatic heterocycles. The van der Waals surface area contributed by atoms with Crippen molar-refractivity contribution in [3.05, 3.63) is 41.3 Å². The number of carbonyl (C=O) groups excluding carboxylic acids is 3. The van der Waals surface area contributed by atoms with Crippen LogP contribution in [-0.4, -0.2) is 62.5 Å². The van der Waals surface area contributed by atoms with Gasteiger partial charge < -0.3 is 19.9 Å². The van der Waals surface area contributed by atoms with Gasteiger partial charge in [0.2, 0.25) is 5.91 Å². The molecule has 2 aromatic rings. The largest absolute Gasteiger partial charge is 0.469 e. The minimum absolute atomic E-state index is 0.00285. The van der Waals surface area contributed by atoms with E-state index >= 15 is 0 Å². The number of ether oxygens (including phenoxy) is 1. The molecule has 1 saturated carbocycles. The number of methoxy groups -OCH3 is 1. The van der Waals surface area contributed by atoms with Gasteiger partial charge in [0.05, 0.1) is 12.8 Å². The standard InChI is InChI=1S/C31H43N3O4S/c1-21-10-12-24(13-11-21)31(37)34(25-14-16-33(3)17-15-25)26-19-27(23-8-6-5-7-9-23)39-29(26)30(36)32-20-22(2)18-28(35)38-4/h5-9,19,21-22,24-25H,10-18,20H2,1-4H3,(H,32,36). The Labute approximate surface area is 236 Å². The zero-order valence-electron chi connectivity index (χ0n) is 23.8. The molecule has 2 amide bonds. The predicted molar refractivity (Wildman–Crippen MR) is 157 cm³/mol. The summed E-state index contributed by atoms with van der Waals surface area (Å²) in [5, 5.41) is 3.04. The fourth-order valence-electron chi connectivity index (χ4n) is 5.71. The number of esters is 1. The van der Waals surface area contributed by atoms with Crippen LogP contribution in [0.1, 0.15) is 68.5 Å². The molecule has 39 heavy (non-hydrogen) atoms. The maximum atomic E-state index is 14.3. The highest BCUT2D eigenvalue weighted by Crippen LogP contribution is 2.41. The molecule has 212 valence electrons. The number of thiophene rings is 1. The van der Waals surface area contributed by atoms with Gasteiger partial charge in [-0.15, -0.1) is 11.3 Å². The van der Waals surface area contributed by atoms with Crippen molar-refractivity contribution in [2.24, 2.45) is 17.8 Å². The molecule has 2 heterocycles. The summed E-state index contributed by atoms with van der Waals surface area (Å²) in [6.45, 7) is 6.40. The molecule has 7 nitrogen and oxygen atoms in total. The lowest BCUT2D eigenvalue weighted by atomic mass is 9.82. The number of likely N-dealkylation sites (tertiary alicyclic amines) is 1. The van der Waals surface area contributed by atoms with Gasteiger partial charge in [0, 0.05) is 29.8 Å². The van der Waals surface area contributed by atoms with E-state index in [-0.39, 0.29) is 42.1 Å². The van der Waals surface area contributed by atoms with Crippen LogP contribution < -0.4 is 10.2 Å². The molecule has 1 aliphatic carbocycles. The SMILES string of the molecule is COC(=O)CC(C)CNC(=O)c1sc(-c2ccccc2)cc1N(C(=O)C1CCC(C)CC1)C1CCN(C)CC1. The predicted octanol–water partition coefficient (Wildman–Crippen LogP) is 5.60. The summed E-state index contributed by atoms with van der Waals surface area (Å²) in [6.07, 6.45) is 5.97. The smallest absolute Gasteiger partial charge is 0.305 e. The van der Waals surface area contributed by atoms with Crippen molar-refractivity contribution >= 4 is 34.8 Å². The van der Waals surface area contributed by atoms with Crippen LogP contribution in [0, 0.1) is 17.8 Å². The summed E-state index contributed by atoms with van der Waals surface area (Å²) in [7, 11) is 3.50. The van der Waals surface area contributed by atoms with E-state index in [9.17, 15) is 14.4 Å². The Balaban J connectivity index is 1.68. The minimum Gasteiger partial charge on any atom is -0.469 e. The van der Waals surface area contributed by atoms with Crippen LogP contribution in [0.5, 0.6) is 0 Å². The highest BCUT2D eigenvalue weighted by Gasteiger charge is 2.37. The lowest BCUT2D eigenvalue weighted by Gasteiger charge is -2.40. The van der Waals surface area contributed by atoms with Crippen LogP contribution >= 0.6 is 11.3 Å². The number of rotatable bonds is 9. The molecule has 0 spiro atoms. The lowest BCUT2D eigenvalue weighted by molar-refractivity contribution is -0.141. The van der Waals surface area contributed by atoms with Gasteiger partial charge in [0.15, 0.2) is 0 Å². The highest BCUT2D eigenvalue weighted by atomic mass is 32.1.